The minimum Gasteiger partial charge on any atom is -0.390 e. The van der Waals surface area contributed by atoms with Crippen LogP contribution < -0.4 is 10.6 Å². The van der Waals surface area contributed by atoms with E-state index in [9.17, 15) is 9.90 Å². The Bertz CT molecular complexity index is 1140. The molecule has 30 heavy (non-hydrogen) atoms. The number of anilines is 2. The van der Waals surface area contributed by atoms with Crippen molar-refractivity contribution in [2.24, 2.45) is 4.99 Å². The molecule has 1 aliphatic heterocycles. The van der Waals surface area contributed by atoms with Crippen molar-refractivity contribution in [2.45, 2.75) is 32.9 Å². The van der Waals surface area contributed by atoms with Crippen molar-refractivity contribution in [1.82, 2.24) is 15.0 Å². The molecule has 0 aliphatic carbocycles. The van der Waals surface area contributed by atoms with Gasteiger partial charge in [-0.1, -0.05) is 28.9 Å². The molecule has 1 aliphatic rings. The zero-order valence-corrected chi connectivity index (χ0v) is 17.3. The van der Waals surface area contributed by atoms with Crippen molar-refractivity contribution in [3.8, 4) is 5.69 Å². The highest BCUT2D eigenvalue weighted by molar-refractivity contribution is 6.34. The Morgan fingerprint density at radius 3 is 2.90 bits per heavy atom. The van der Waals surface area contributed by atoms with Gasteiger partial charge in [0.15, 0.2) is 0 Å². The zero-order chi connectivity index (χ0) is 21.3. The number of carbonyl (C=O) groups is 1. The molecule has 0 spiro atoms. The molecule has 4 rings (SSSR count). The summed E-state index contributed by atoms with van der Waals surface area (Å²) in [7, 11) is 0. The van der Waals surface area contributed by atoms with Gasteiger partial charge in [0.2, 0.25) is 5.91 Å². The van der Waals surface area contributed by atoms with Crippen LogP contribution >= 0.6 is 11.6 Å². The third-order valence-electron chi connectivity index (χ3n) is 4.59. The molecule has 0 saturated heterocycles. The maximum Gasteiger partial charge on any atom is 0.230 e. The molecule has 0 fully saturated rings. The number of hydrogen-bond acceptors (Lipinski definition) is 6. The molecule has 2 aromatic carbocycles. The lowest BCUT2D eigenvalue weighted by molar-refractivity contribution is -0.115. The Hall–Kier alpha value is -3.23. The fourth-order valence-electron chi connectivity index (χ4n) is 3.27. The van der Waals surface area contributed by atoms with Crippen LogP contribution in [0, 0.1) is 0 Å². The minimum absolute atomic E-state index is 0.118. The van der Waals surface area contributed by atoms with E-state index in [1.165, 1.54) is 6.20 Å². The SMILES string of the molecule is CC(C)Nc1cc2c(cc1Cl)NC(=O)CC(c1cccc(-n3nncc3CO)c1)=N2. The molecule has 0 unspecified atom stereocenters. The molecule has 0 atom stereocenters. The van der Waals surface area contributed by atoms with Gasteiger partial charge in [-0.2, -0.15) is 0 Å². The molecule has 2 heterocycles. The van der Waals surface area contributed by atoms with Gasteiger partial charge in [0.1, 0.15) is 0 Å². The molecular formula is C21H21ClN6O2. The molecule has 8 nitrogen and oxygen atoms in total. The smallest absolute Gasteiger partial charge is 0.230 e. The fraction of sp³-hybridized carbons (Fsp3) is 0.238. The number of amides is 1. The van der Waals surface area contributed by atoms with E-state index in [0.717, 1.165) is 16.9 Å². The Kier molecular flexibility index (Phi) is 5.52. The topological polar surface area (TPSA) is 104 Å². The van der Waals surface area contributed by atoms with Gasteiger partial charge in [-0.15, -0.1) is 5.10 Å². The van der Waals surface area contributed by atoms with Gasteiger partial charge in [-0.3, -0.25) is 9.79 Å². The number of fused-ring (bicyclic) bond motifs is 1. The largest absolute Gasteiger partial charge is 0.390 e. The van der Waals surface area contributed by atoms with Gasteiger partial charge in [0, 0.05) is 6.04 Å². The van der Waals surface area contributed by atoms with Crippen molar-refractivity contribution in [3.63, 3.8) is 0 Å². The van der Waals surface area contributed by atoms with Gasteiger partial charge in [-0.05, 0) is 43.7 Å². The van der Waals surface area contributed by atoms with Crippen LogP contribution in [0.15, 0.2) is 47.6 Å². The first-order chi connectivity index (χ1) is 14.4. The summed E-state index contributed by atoms with van der Waals surface area (Å²) in [6, 6.07) is 11.2. The first-order valence-electron chi connectivity index (χ1n) is 9.53. The monoisotopic (exact) mass is 424 g/mol. The molecule has 154 valence electrons. The first kappa shape index (κ1) is 20.1. The van der Waals surface area contributed by atoms with Crippen LogP contribution in [0.1, 0.15) is 31.5 Å². The number of nitrogens with one attached hydrogen (secondary N) is 2. The lowest BCUT2D eigenvalue weighted by atomic mass is 10.1. The number of aliphatic hydroxyl groups is 1. The van der Waals surface area contributed by atoms with Crippen molar-refractivity contribution in [2.75, 3.05) is 10.6 Å². The Balaban J connectivity index is 1.78. The van der Waals surface area contributed by atoms with E-state index in [0.29, 0.717) is 27.8 Å². The van der Waals surface area contributed by atoms with Gasteiger partial charge in [0.05, 0.1) is 58.4 Å². The highest BCUT2D eigenvalue weighted by atomic mass is 35.5. The zero-order valence-electron chi connectivity index (χ0n) is 16.6. The molecule has 3 aromatic rings. The van der Waals surface area contributed by atoms with E-state index < -0.39 is 0 Å². The maximum atomic E-state index is 12.5. The third kappa shape index (κ3) is 4.05. The minimum atomic E-state index is -0.180. The van der Waals surface area contributed by atoms with E-state index >= 15 is 0 Å². The van der Waals surface area contributed by atoms with Crippen molar-refractivity contribution >= 4 is 40.3 Å². The standard InChI is InChI=1S/C21H21ClN6O2/c1-12(2)24-18-8-20-19(7-16(18)22)26-21(30)9-17(25-20)13-4-3-5-14(6-13)28-15(11-29)10-23-27-28/h3-8,10,12,24,29H,9,11H2,1-2H3,(H,26,30). The summed E-state index contributed by atoms with van der Waals surface area (Å²) in [4.78, 5) is 17.3. The van der Waals surface area contributed by atoms with Crippen LogP contribution in [0.25, 0.3) is 5.69 Å². The molecule has 1 aromatic heterocycles. The Morgan fingerprint density at radius 1 is 1.30 bits per heavy atom. The van der Waals surface area contributed by atoms with E-state index in [-0.39, 0.29) is 25.0 Å². The van der Waals surface area contributed by atoms with Crippen LogP contribution in [0.2, 0.25) is 5.02 Å². The Morgan fingerprint density at radius 2 is 2.13 bits per heavy atom. The lowest BCUT2D eigenvalue weighted by Gasteiger charge is -2.14. The molecule has 1 amide bonds. The first-order valence-corrected chi connectivity index (χ1v) is 9.91. The highest BCUT2D eigenvalue weighted by Crippen LogP contribution is 2.37. The van der Waals surface area contributed by atoms with E-state index in [2.05, 4.69) is 20.9 Å². The number of benzene rings is 2. The number of aromatic nitrogens is 3. The second-order valence-electron chi connectivity index (χ2n) is 7.28. The van der Waals surface area contributed by atoms with Gasteiger partial charge < -0.3 is 15.7 Å². The van der Waals surface area contributed by atoms with Crippen molar-refractivity contribution < 1.29 is 9.90 Å². The van der Waals surface area contributed by atoms with Gasteiger partial charge in [-0.25, -0.2) is 4.68 Å². The van der Waals surface area contributed by atoms with Crippen molar-refractivity contribution in [1.29, 1.82) is 0 Å². The van der Waals surface area contributed by atoms with E-state index in [1.54, 1.807) is 10.7 Å². The van der Waals surface area contributed by atoms with Crippen LogP contribution in [-0.2, 0) is 11.4 Å². The molecule has 0 radical (unpaired) electrons. The molecular weight excluding hydrogens is 404 g/mol. The van der Waals surface area contributed by atoms with Crippen LogP contribution in [0.5, 0.6) is 0 Å². The average molecular weight is 425 g/mol. The number of halogens is 1. The number of hydrogen-bond donors (Lipinski definition) is 3. The van der Waals surface area contributed by atoms with Crippen LogP contribution in [0.3, 0.4) is 0 Å². The summed E-state index contributed by atoms with van der Waals surface area (Å²) >= 11 is 6.37. The molecule has 3 N–H and O–H groups in total. The Labute approximate surface area is 178 Å². The molecule has 0 saturated carbocycles. The van der Waals surface area contributed by atoms with Gasteiger partial charge in [0.25, 0.3) is 0 Å². The number of nitrogens with zero attached hydrogens (tertiary/aromatic N) is 4. The summed E-state index contributed by atoms with van der Waals surface area (Å²) in [6.45, 7) is 3.86. The number of aliphatic hydroxyl groups excluding tert-OH is 1. The van der Waals surface area contributed by atoms with Crippen LogP contribution in [0.4, 0.5) is 17.1 Å². The van der Waals surface area contributed by atoms with E-state index in [4.69, 9.17) is 16.6 Å². The molecule has 0 bridgehead atoms. The van der Waals surface area contributed by atoms with Gasteiger partial charge >= 0.3 is 0 Å². The van der Waals surface area contributed by atoms with E-state index in [1.807, 2.05) is 44.2 Å². The number of carbonyl (C=O) groups excluding carboxylic acids is 1. The predicted octanol–water partition coefficient (Wildman–Crippen LogP) is 3.70. The molecule has 9 heteroatoms. The van der Waals surface area contributed by atoms with Crippen molar-refractivity contribution in [3.05, 3.63) is 58.9 Å². The highest BCUT2D eigenvalue weighted by Gasteiger charge is 2.20. The second kappa shape index (κ2) is 8.25. The summed E-state index contributed by atoms with van der Waals surface area (Å²) < 4.78 is 1.55. The summed E-state index contributed by atoms with van der Waals surface area (Å²) in [6.07, 6.45) is 1.62. The van der Waals surface area contributed by atoms with Crippen LogP contribution in [-0.4, -0.2) is 37.8 Å². The summed E-state index contributed by atoms with van der Waals surface area (Å²) in [5, 5.41) is 24.1. The quantitative estimate of drug-likeness (QED) is 0.579. The third-order valence-corrected chi connectivity index (χ3v) is 4.91. The predicted molar refractivity (Wildman–Crippen MR) is 117 cm³/mol. The fourth-order valence-corrected chi connectivity index (χ4v) is 3.49. The average Bonchev–Trinajstić information content (AvgIpc) is 3.13. The summed E-state index contributed by atoms with van der Waals surface area (Å²) in [5.41, 5.74) is 4.65. The second-order valence-corrected chi connectivity index (χ2v) is 7.68. The number of aliphatic imine (C=N–C) groups is 1. The lowest BCUT2D eigenvalue weighted by Crippen LogP contribution is -2.15. The normalized spacial score (nSPS) is 13.5. The summed E-state index contributed by atoms with van der Waals surface area (Å²) in [5.74, 6) is -0.171. The maximum absolute atomic E-state index is 12.5. The number of rotatable bonds is 5.